The van der Waals surface area contributed by atoms with Gasteiger partial charge in [-0.15, -0.1) is 0 Å². The van der Waals surface area contributed by atoms with Crippen LogP contribution in [0.15, 0.2) is 116 Å². The van der Waals surface area contributed by atoms with Crippen LogP contribution in [0.1, 0.15) is 33.6 Å². The Morgan fingerprint density at radius 2 is 1.11 bits per heavy atom. The Bertz CT molecular complexity index is 1280. The van der Waals surface area contributed by atoms with Gasteiger partial charge in [0.05, 0.1) is 0 Å². The molecule has 0 atom stereocenters. The monoisotopic (exact) mass is 510 g/mol. The molecule has 0 unspecified atom stereocenters. The lowest BCUT2D eigenvalue weighted by atomic mass is 9.58. The fourth-order valence-corrected chi connectivity index (χ4v) is 6.30. The lowest BCUT2D eigenvalue weighted by molar-refractivity contribution is 0.943. The van der Waals surface area contributed by atoms with E-state index in [4.69, 9.17) is 28.3 Å². The zero-order valence-corrected chi connectivity index (χ0v) is 21.9. The van der Waals surface area contributed by atoms with Crippen molar-refractivity contribution < 1.29 is 0 Å². The summed E-state index contributed by atoms with van der Waals surface area (Å²) in [4.78, 5) is 4.66. The quantitative estimate of drug-likeness (QED) is 0.261. The van der Waals surface area contributed by atoms with Crippen LogP contribution >= 0.6 is 23.2 Å². The van der Waals surface area contributed by atoms with Crippen LogP contribution in [0.4, 0.5) is 0 Å². The SMILES string of the molecule is Clc1ccc(C([SiH2]n2cnc([B]C(c3ccccc3)c3ccccc3)n2)c2ccc(Cl)cc2)cc1. The highest BCUT2D eigenvalue weighted by Crippen LogP contribution is 2.27. The topological polar surface area (TPSA) is 30.7 Å². The summed E-state index contributed by atoms with van der Waals surface area (Å²) in [6, 6.07) is 37.1. The molecular weight excluding hydrogens is 488 g/mol. The van der Waals surface area contributed by atoms with Crippen molar-refractivity contribution in [3.8, 4) is 0 Å². The fraction of sp³-hybridized carbons (Fsp3) is 0.0714. The summed E-state index contributed by atoms with van der Waals surface area (Å²) in [5, 5.41) is 6.35. The van der Waals surface area contributed by atoms with E-state index in [-0.39, 0.29) is 11.4 Å². The van der Waals surface area contributed by atoms with E-state index >= 15 is 0 Å². The number of rotatable bonds is 8. The fourth-order valence-electron chi connectivity index (χ4n) is 4.31. The van der Waals surface area contributed by atoms with Gasteiger partial charge in [0.25, 0.3) is 0 Å². The van der Waals surface area contributed by atoms with Gasteiger partial charge in [-0.3, -0.25) is 4.35 Å². The minimum atomic E-state index is -0.920. The first kappa shape index (κ1) is 23.6. The Balaban J connectivity index is 1.41. The van der Waals surface area contributed by atoms with Crippen LogP contribution < -0.4 is 5.72 Å². The summed E-state index contributed by atoms with van der Waals surface area (Å²) in [6.07, 6.45) is 1.87. The predicted molar refractivity (Wildman–Crippen MR) is 149 cm³/mol. The van der Waals surface area contributed by atoms with Crippen molar-refractivity contribution in [3.63, 3.8) is 0 Å². The average molecular weight is 511 g/mol. The molecule has 0 amide bonds. The van der Waals surface area contributed by atoms with Gasteiger partial charge in [-0.05, 0) is 52.3 Å². The molecule has 0 bridgehead atoms. The molecule has 171 valence electrons. The molecule has 1 aromatic heterocycles. The number of benzene rings is 4. The van der Waals surface area contributed by atoms with Gasteiger partial charge in [0, 0.05) is 15.6 Å². The van der Waals surface area contributed by atoms with E-state index in [9.17, 15) is 0 Å². The summed E-state index contributed by atoms with van der Waals surface area (Å²) in [5.41, 5.74) is 5.83. The van der Waals surface area contributed by atoms with Gasteiger partial charge in [0.15, 0.2) is 9.68 Å². The third-order valence-corrected chi connectivity index (χ3v) is 8.59. The van der Waals surface area contributed by atoms with E-state index in [0.717, 1.165) is 15.8 Å². The molecule has 7 heteroatoms. The Morgan fingerprint density at radius 3 is 1.60 bits per heavy atom. The lowest BCUT2D eigenvalue weighted by Gasteiger charge is -2.18. The maximum atomic E-state index is 6.16. The molecule has 0 aliphatic carbocycles. The number of aromatic nitrogens is 3. The van der Waals surface area contributed by atoms with Gasteiger partial charge in [-0.1, -0.05) is 108 Å². The van der Waals surface area contributed by atoms with Crippen molar-refractivity contribution in [3.05, 3.63) is 148 Å². The van der Waals surface area contributed by atoms with Crippen LogP contribution in [-0.4, -0.2) is 31.4 Å². The highest BCUT2D eigenvalue weighted by atomic mass is 35.5. The molecule has 1 radical (unpaired) electrons. The van der Waals surface area contributed by atoms with Crippen LogP contribution in [0.3, 0.4) is 0 Å². The number of hydrogen-bond acceptors (Lipinski definition) is 2. The maximum absolute atomic E-state index is 6.16. The first-order chi connectivity index (χ1) is 17.2. The van der Waals surface area contributed by atoms with Gasteiger partial charge < -0.3 is 0 Å². The third kappa shape index (κ3) is 5.94. The highest BCUT2D eigenvalue weighted by Gasteiger charge is 2.21. The van der Waals surface area contributed by atoms with Crippen LogP contribution in [0.2, 0.25) is 10.0 Å². The van der Waals surface area contributed by atoms with Gasteiger partial charge in [0.1, 0.15) is 12.1 Å². The molecular formula is C28H23BCl2N3Si. The first-order valence-corrected chi connectivity index (χ1v) is 13.7. The standard InChI is InChI=1S/C28H23BCl2N3Si/c30-24-15-11-22(12-16-24)27(23-13-17-25(31)18-14-23)35-34-19-32-28(33-34)29-26(20-7-3-1-4-8-20)21-9-5-2-6-10-21/h1-19,26-27H,35H2. The molecule has 35 heavy (non-hydrogen) atoms. The van der Waals surface area contributed by atoms with Crippen molar-refractivity contribution in [2.24, 2.45) is 0 Å². The molecule has 0 fully saturated rings. The van der Waals surface area contributed by atoms with E-state index in [1.165, 1.54) is 22.3 Å². The van der Waals surface area contributed by atoms with E-state index in [1.807, 2.05) is 47.1 Å². The second-order valence-corrected chi connectivity index (χ2v) is 11.1. The van der Waals surface area contributed by atoms with Gasteiger partial charge in [0.2, 0.25) is 7.28 Å². The molecule has 0 aliphatic heterocycles. The Hall–Kier alpha value is -3.12. The zero-order valence-electron chi connectivity index (χ0n) is 19.0. The smallest absolute Gasteiger partial charge is 0.221 e. The molecule has 3 nitrogen and oxygen atoms in total. The van der Waals surface area contributed by atoms with E-state index < -0.39 is 9.68 Å². The number of nitrogens with zero attached hydrogens (tertiary/aromatic N) is 3. The normalized spacial score (nSPS) is 11.5. The molecule has 0 aliphatic rings. The van der Waals surface area contributed by atoms with Crippen molar-refractivity contribution in [1.29, 1.82) is 0 Å². The highest BCUT2D eigenvalue weighted by molar-refractivity contribution is 6.54. The van der Waals surface area contributed by atoms with E-state index in [1.54, 1.807) is 0 Å². The summed E-state index contributed by atoms with van der Waals surface area (Å²) in [5.74, 6) is 0.0817. The summed E-state index contributed by atoms with van der Waals surface area (Å²) >= 11 is 12.3. The Kier molecular flexibility index (Phi) is 7.48. The van der Waals surface area contributed by atoms with Crippen LogP contribution in [0.5, 0.6) is 0 Å². The molecule has 0 saturated carbocycles. The summed E-state index contributed by atoms with van der Waals surface area (Å²) in [6.45, 7) is 0. The van der Waals surface area contributed by atoms with Crippen LogP contribution in [-0.2, 0) is 0 Å². The van der Waals surface area contributed by atoms with Gasteiger partial charge in [-0.2, -0.15) is 5.10 Å². The molecule has 0 saturated heterocycles. The van der Waals surface area contributed by atoms with Crippen LogP contribution in [0.25, 0.3) is 0 Å². The minimum Gasteiger partial charge on any atom is -0.291 e. The first-order valence-electron chi connectivity index (χ1n) is 11.5. The second kappa shape index (κ2) is 11.1. The Morgan fingerprint density at radius 1 is 0.629 bits per heavy atom. The number of hydrogen-bond donors (Lipinski definition) is 0. The Labute approximate surface area is 218 Å². The predicted octanol–water partition coefficient (Wildman–Crippen LogP) is 5.43. The van der Waals surface area contributed by atoms with Gasteiger partial charge in [-0.25, -0.2) is 4.98 Å². The molecule has 4 aromatic carbocycles. The van der Waals surface area contributed by atoms with E-state index in [2.05, 4.69) is 85.1 Å². The average Bonchev–Trinajstić information content (AvgIpc) is 3.35. The van der Waals surface area contributed by atoms with Crippen molar-refractivity contribution >= 4 is 45.9 Å². The summed E-state index contributed by atoms with van der Waals surface area (Å²) in [7, 11) is 1.23. The molecule has 1 heterocycles. The molecule has 0 spiro atoms. The van der Waals surface area contributed by atoms with Crippen molar-refractivity contribution in [1.82, 2.24) is 14.4 Å². The summed E-state index contributed by atoms with van der Waals surface area (Å²) < 4.78 is 2.05. The second-order valence-electron chi connectivity index (χ2n) is 8.45. The van der Waals surface area contributed by atoms with Crippen molar-refractivity contribution in [2.45, 2.75) is 11.4 Å². The number of halogens is 2. The third-order valence-electron chi connectivity index (χ3n) is 6.10. The minimum absolute atomic E-state index is 0.0817. The zero-order chi connectivity index (χ0) is 24.0. The van der Waals surface area contributed by atoms with E-state index in [0.29, 0.717) is 0 Å². The molecule has 5 rings (SSSR count). The van der Waals surface area contributed by atoms with Crippen LogP contribution in [0, 0.1) is 0 Å². The molecule has 5 aromatic rings. The largest absolute Gasteiger partial charge is 0.291 e. The van der Waals surface area contributed by atoms with Crippen molar-refractivity contribution in [2.75, 3.05) is 0 Å². The lowest BCUT2D eigenvalue weighted by Crippen LogP contribution is -2.28. The molecule has 0 N–H and O–H groups in total. The maximum Gasteiger partial charge on any atom is 0.221 e. The van der Waals surface area contributed by atoms with Gasteiger partial charge >= 0.3 is 0 Å².